The summed E-state index contributed by atoms with van der Waals surface area (Å²) in [5.74, 6) is 0.785. The van der Waals surface area contributed by atoms with Crippen LogP contribution in [0, 0.1) is 0 Å². The maximum absolute atomic E-state index is 4.99. The summed E-state index contributed by atoms with van der Waals surface area (Å²) in [6.07, 6.45) is 1.40. The second kappa shape index (κ2) is 3.32. The predicted octanol–water partition coefficient (Wildman–Crippen LogP) is 2.50. The molecule has 1 rings (SSSR count). The third kappa shape index (κ3) is 1.81. The molecule has 1 aromatic carbocycles. The van der Waals surface area contributed by atoms with Gasteiger partial charge in [-0.05, 0) is 24.3 Å². The quantitative estimate of drug-likeness (QED) is 0.506. The highest BCUT2D eigenvalue weighted by Gasteiger charge is 1.87. The molecular formula is C8H8OS. The van der Waals surface area contributed by atoms with E-state index in [-0.39, 0.29) is 0 Å². The lowest BCUT2D eigenvalue weighted by Gasteiger charge is -1.97. The average Bonchev–Trinajstić information content (AvgIpc) is 1.95. The van der Waals surface area contributed by atoms with Crippen LogP contribution in [0.15, 0.2) is 42.0 Å². The maximum Gasteiger partial charge on any atom is 0.126 e. The van der Waals surface area contributed by atoms with Crippen LogP contribution in [-0.4, -0.2) is 0 Å². The molecule has 0 saturated carbocycles. The normalized spacial score (nSPS) is 8.90. The van der Waals surface area contributed by atoms with Gasteiger partial charge < -0.3 is 4.74 Å². The molecule has 0 bridgehead atoms. The van der Waals surface area contributed by atoms with E-state index < -0.39 is 0 Å². The number of benzene rings is 1. The van der Waals surface area contributed by atoms with Gasteiger partial charge in [0.05, 0.1) is 6.26 Å². The Balaban J connectivity index is 2.78. The van der Waals surface area contributed by atoms with Crippen LogP contribution in [0.2, 0.25) is 0 Å². The number of rotatable bonds is 2. The van der Waals surface area contributed by atoms with Crippen LogP contribution in [0.3, 0.4) is 0 Å². The maximum atomic E-state index is 4.99. The number of hydrogen-bond donors (Lipinski definition) is 1. The molecule has 0 spiro atoms. The Hall–Kier alpha value is -0.890. The fourth-order valence-corrected chi connectivity index (χ4v) is 0.770. The minimum atomic E-state index is 0.785. The molecular weight excluding hydrogens is 144 g/mol. The Kier molecular flexibility index (Phi) is 2.40. The van der Waals surface area contributed by atoms with Gasteiger partial charge in [-0.15, -0.1) is 12.6 Å². The first-order valence-electron chi connectivity index (χ1n) is 2.89. The first-order chi connectivity index (χ1) is 4.83. The monoisotopic (exact) mass is 152 g/mol. The lowest BCUT2D eigenvalue weighted by Crippen LogP contribution is -1.78. The van der Waals surface area contributed by atoms with Gasteiger partial charge in [0.25, 0.3) is 0 Å². The van der Waals surface area contributed by atoms with E-state index in [0.29, 0.717) is 0 Å². The zero-order valence-corrected chi connectivity index (χ0v) is 6.34. The number of ether oxygens (including phenoxy) is 1. The SMILES string of the molecule is C=COc1ccc(S)cc1. The van der Waals surface area contributed by atoms with E-state index in [9.17, 15) is 0 Å². The predicted molar refractivity (Wildman–Crippen MR) is 44.5 cm³/mol. The molecule has 0 saturated heterocycles. The van der Waals surface area contributed by atoms with Crippen molar-refractivity contribution in [1.29, 1.82) is 0 Å². The highest BCUT2D eigenvalue weighted by atomic mass is 32.1. The first-order valence-corrected chi connectivity index (χ1v) is 3.34. The van der Waals surface area contributed by atoms with Gasteiger partial charge in [0.1, 0.15) is 5.75 Å². The van der Waals surface area contributed by atoms with E-state index in [1.54, 1.807) is 0 Å². The smallest absolute Gasteiger partial charge is 0.126 e. The Labute approximate surface area is 65.7 Å². The van der Waals surface area contributed by atoms with Crippen molar-refractivity contribution in [2.45, 2.75) is 4.90 Å². The van der Waals surface area contributed by atoms with Gasteiger partial charge in [-0.3, -0.25) is 0 Å². The van der Waals surface area contributed by atoms with Crippen molar-refractivity contribution in [3.63, 3.8) is 0 Å². The van der Waals surface area contributed by atoms with Gasteiger partial charge in [0.15, 0.2) is 0 Å². The minimum absolute atomic E-state index is 0.785. The van der Waals surface area contributed by atoms with Crippen LogP contribution >= 0.6 is 12.6 Å². The first kappa shape index (κ1) is 7.22. The standard InChI is InChI=1S/C8H8OS/c1-2-9-7-3-5-8(10)6-4-7/h2-6,10H,1H2. The molecule has 0 atom stereocenters. The highest BCUT2D eigenvalue weighted by molar-refractivity contribution is 7.80. The molecule has 0 heterocycles. The molecule has 0 N–H and O–H groups in total. The van der Waals surface area contributed by atoms with Crippen LogP contribution in [0.1, 0.15) is 0 Å². The summed E-state index contributed by atoms with van der Waals surface area (Å²) in [4.78, 5) is 0.927. The lowest BCUT2D eigenvalue weighted by molar-refractivity contribution is 0.483. The Morgan fingerprint density at radius 3 is 2.40 bits per heavy atom. The largest absolute Gasteiger partial charge is 0.466 e. The zero-order chi connectivity index (χ0) is 7.40. The third-order valence-corrected chi connectivity index (χ3v) is 1.35. The van der Waals surface area contributed by atoms with E-state index in [4.69, 9.17) is 4.74 Å². The van der Waals surface area contributed by atoms with Gasteiger partial charge in [-0.2, -0.15) is 0 Å². The molecule has 0 amide bonds. The molecule has 0 aromatic heterocycles. The summed E-state index contributed by atoms with van der Waals surface area (Å²) >= 11 is 4.12. The molecule has 0 aliphatic rings. The van der Waals surface area contributed by atoms with Gasteiger partial charge in [-0.1, -0.05) is 6.58 Å². The van der Waals surface area contributed by atoms with Gasteiger partial charge in [0, 0.05) is 4.90 Å². The molecule has 0 unspecified atom stereocenters. The van der Waals surface area contributed by atoms with Gasteiger partial charge in [-0.25, -0.2) is 0 Å². The van der Waals surface area contributed by atoms with Gasteiger partial charge in [0.2, 0.25) is 0 Å². The molecule has 0 fully saturated rings. The second-order valence-electron chi connectivity index (χ2n) is 1.78. The lowest BCUT2D eigenvalue weighted by atomic mass is 10.3. The van der Waals surface area contributed by atoms with E-state index >= 15 is 0 Å². The highest BCUT2D eigenvalue weighted by Crippen LogP contribution is 2.13. The van der Waals surface area contributed by atoms with Crippen LogP contribution in [0.5, 0.6) is 5.75 Å². The molecule has 1 aromatic rings. The fourth-order valence-electron chi connectivity index (χ4n) is 0.621. The van der Waals surface area contributed by atoms with E-state index in [0.717, 1.165) is 10.6 Å². The number of thiol groups is 1. The van der Waals surface area contributed by atoms with Gasteiger partial charge >= 0.3 is 0 Å². The van der Waals surface area contributed by atoms with Crippen LogP contribution in [0.25, 0.3) is 0 Å². The summed E-state index contributed by atoms with van der Waals surface area (Å²) in [5, 5.41) is 0. The molecule has 0 aliphatic carbocycles. The molecule has 0 aliphatic heterocycles. The van der Waals surface area contributed by atoms with Crippen molar-refractivity contribution in [3.05, 3.63) is 37.1 Å². The van der Waals surface area contributed by atoms with E-state index in [2.05, 4.69) is 19.2 Å². The van der Waals surface area contributed by atoms with Crippen molar-refractivity contribution in [1.82, 2.24) is 0 Å². The summed E-state index contributed by atoms with van der Waals surface area (Å²) < 4.78 is 4.99. The van der Waals surface area contributed by atoms with Crippen LogP contribution in [-0.2, 0) is 0 Å². The molecule has 1 nitrogen and oxygen atoms in total. The van der Waals surface area contributed by atoms with Crippen LogP contribution < -0.4 is 4.74 Å². The van der Waals surface area contributed by atoms with E-state index in [1.165, 1.54) is 6.26 Å². The second-order valence-corrected chi connectivity index (χ2v) is 2.29. The zero-order valence-electron chi connectivity index (χ0n) is 5.45. The summed E-state index contributed by atoms with van der Waals surface area (Å²) in [5.41, 5.74) is 0. The van der Waals surface area contributed by atoms with Crippen LogP contribution in [0.4, 0.5) is 0 Å². The third-order valence-electron chi connectivity index (χ3n) is 1.06. The minimum Gasteiger partial charge on any atom is -0.466 e. The Morgan fingerprint density at radius 1 is 1.30 bits per heavy atom. The van der Waals surface area contributed by atoms with Crippen molar-refractivity contribution in [2.24, 2.45) is 0 Å². The van der Waals surface area contributed by atoms with Crippen molar-refractivity contribution in [2.75, 3.05) is 0 Å². The Morgan fingerprint density at radius 2 is 1.90 bits per heavy atom. The number of hydrogen-bond acceptors (Lipinski definition) is 2. The Bertz CT molecular complexity index is 215. The summed E-state index contributed by atoms with van der Waals surface area (Å²) in [7, 11) is 0. The molecule has 52 valence electrons. The summed E-state index contributed by atoms with van der Waals surface area (Å²) in [6.45, 7) is 3.44. The molecule has 10 heavy (non-hydrogen) atoms. The molecule has 0 radical (unpaired) electrons. The van der Waals surface area contributed by atoms with Crippen molar-refractivity contribution in [3.8, 4) is 5.75 Å². The fraction of sp³-hybridized carbons (Fsp3) is 0. The van der Waals surface area contributed by atoms with E-state index in [1.807, 2.05) is 24.3 Å². The van der Waals surface area contributed by atoms with Crippen molar-refractivity contribution >= 4 is 12.6 Å². The summed E-state index contributed by atoms with van der Waals surface area (Å²) in [6, 6.07) is 7.40. The molecule has 2 heteroatoms. The van der Waals surface area contributed by atoms with Crippen molar-refractivity contribution < 1.29 is 4.74 Å². The average molecular weight is 152 g/mol. The topological polar surface area (TPSA) is 9.23 Å².